The minimum atomic E-state index is -0.0530. The number of hydrogen-bond acceptors (Lipinski definition) is 5. The van der Waals surface area contributed by atoms with Gasteiger partial charge in [0, 0.05) is 43.6 Å². The second-order valence-electron chi connectivity index (χ2n) is 7.89. The van der Waals surface area contributed by atoms with Crippen molar-refractivity contribution in [2.45, 2.75) is 34.1 Å². The number of aryl methyl sites for hydroxylation is 4. The molecule has 0 bridgehead atoms. The summed E-state index contributed by atoms with van der Waals surface area (Å²) >= 11 is 0. The van der Waals surface area contributed by atoms with E-state index in [1.807, 2.05) is 66.8 Å². The van der Waals surface area contributed by atoms with E-state index in [-0.39, 0.29) is 6.03 Å². The minimum absolute atomic E-state index is 0.0530. The molecule has 1 aliphatic rings. The third-order valence-corrected chi connectivity index (χ3v) is 5.57. The van der Waals surface area contributed by atoms with Gasteiger partial charge in [-0.25, -0.2) is 19.4 Å². The van der Waals surface area contributed by atoms with Crippen LogP contribution in [0.5, 0.6) is 0 Å². The summed E-state index contributed by atoms with van der Waals surface area (Å²) in [4.78, 5) is 26.0. The number of carbonyl (C=O) groups is 1. The van der Waals surface area contributed by atoms with E-state index >= 15 is 0 Å². The number of para-hydroxylation sites is 1. The van der Waals surface area contributed by atoms with Crippen LogP contribution < -0.4 is 10.2 Å². The molecule has 8 nitrogen and oxygen atoms in total. The van der Waals surface area contributed by atoms with Crippen LogP contribution in [0.3, 0.4) is 0 Å². The summed E-state index contributed by atoms with van der Waals surface area (Å²) in [5, 5.41) is 7.61. The van der Waals surface area contributed by atoms with Crippen molar-refractivity contribution >= 4 is 17.5 Å². The number of aromatic nitrogens is 4. The van der Waals surface area contributed by atoms with Crippen LogP contribution in [0.4, 0.5) is 16.3 Å². The van der Waals surface area contributed by atoms with Crippen molar-refractivity contribution in [2.75, 3.05) is 36.4 Å². The molecule has 2 amide bonds. The third kappa shape index (κ3) is 4.52. The number of nitrogens with zero attached hydrogens (tertiary/aromatic N) is 6. The van der Waals surface area contributed by atoms with Crippen molar-refractivity contribution in [3.63, 3.8) is 0 Å². The molecule has 0 saturated carbocycles. The molecule has 1 aliphatic heterocycles. The van der Waals surface area contributed by atoms with Crippen LogP contribution in [0.2, 0.25) is 0 Å². The van der Waals surface area contributed by atoms with E-state index in [1.165, 1.54) is 0 Å². The predicted molar refractivity (Wildman–Crippen MR) is 122 cm³/mol. The van der Waals surface area contributed by atoms with Gasteiger partial charge in [0.25, 0.3) is 0 Å². The molecule has 0 spiro atoms. The number of benzene rings is 1. The van der Waals surface area contributed by atoms with Gasteiger partial charge in [0.05, 0.1) is 5.69 Å². The van der Waals surface area contributed by atoms with Crippen LogP contribution >= 0.6 is 0 Å². The van der Waals surface area contributed by atoms with Gasteiger partial charge in [-0.3, -0.25) is 0 Å². The quantitative estimate of drug-likeness (QED) is 0.700. The Labute approximate surface area is 182 Å². The van der Waals surface area contributed by atoms with Gasteiger partial charge in [-0.05, 0) is 44.9 Å². The second kappa shape index (κ2) is 8.75. The highest BCUT2D eigenvalue weighted by Crippen LogP contribution is 2.20. The first-order valence-electron chi connectivity index (χ1n) is 10.7. The second-order valence-corrected chi connectivity index (χ2v) is 7.89. The standard InChI is InChI=1S/C23H29N7O/c1-5-19-8-6-7-9-20(19)26-23(31)29-12-10-28(11-13-29)21-15-22(25-18(4)24-21)30-17(3)14-16(2)27-30/h6-9,14-15H,5,10-13H2,1-4H3,(H,26,31). The Morgan fingerprint density at radius 3 is 2.39 bits per heavy atom. The number of amides is 2. The lowest BCUT2D eigenvalue weighted by atomic mass is 10.1. The van der Waals surface area contributed by atoms with Crippen molar-refractivity contribution in [2.24, 2.45) is 0 Å². The van der Waals surface area contributed by atoms with E-state index in [4.69, 9.17) is 0 Å². The summed E-state index contributed by atoms with van der Waals surface area (Å²) in [5.74, 6) is 2.34. The summed E-state index contributed by atoms with van der Waals surface area (Å²) < 4.78 is 1.85. The molecule has 0 atom stereocenters. The van der Waals surface area contributed by atoms with Crippen molar-refractivity contribution in [1.29, 1.82) is 0 Å². The predicted octanol–water partition coefficient (Wildman–Crippen LogP) is 3.50. The molecule has 1 N–H and O–H groups in total. The minimum Gasteiger partial charge on any atom is -0.353 e. The van der Waals surface area contributed by atoms with Gasteiger partial charge in [-0.2, -0.15) is 5.10 Å². The maximum atomic E-state index is 12.8. The Morgan fingerprint density at radius 2 is 1.71 bits per heavy atom. The molecule has 1 aromatic carbocycles. The summed E-state index contributed by atoms with van der Waals surface area (Å²) in [6.07, 6.45) is 0.884. The zero-order valence-electron chi connectivity index (χ0n) is 18.6. The van der Waals surface area contributed by atoms with Gasteiger partial charge in [0.15, 0.2) is 5.82 Å². The summed E-state index contributed by atoms with van der Waals surface area (Å²) in [7, 11) is 0. The molecule has 2 aromatic heterocycles. The molecule has 31 heavy (non-hydrogen) atoms. The maximum Gasteiger partial charge on any atom is 0.321 e. The molecule has 0 aliphatic carbocycles. The molecule has 162 valence electrons. The van der Waals surface area contributed by atoms with E-state index in [0.717, 1.165) is 53.8 Å². The van der Waals surface area contributed by atoms with Gasteiger partial charge in [0.1, 0.15) is 11.6 Å². The van der Waals surface area contributed by atoms with Crippen molar-refractivity contribution < 1.29 is 4.79 Å². The highest BCUT2D eigenvalue weighted by molar-refractivity contribution is 5.90. The highest BCUT2D eigenvalue weighted by Gasteiger charge is 2.23. The lowest BCUT2D eigenvalue weighted by molar-refractivity contribution is 0.208. The highest BCUT2D eigenvalue weighted by atomic mass is 16.2. The molecule has 1 fully saturated rings. The molecule has 3 heterocycles. The lowest BCUT2D eigenvalue weighted by Crippen LogP contribution is -2.50. The first-order chi connectivity index (χ1) is 14.9. The number of urea groups is 1. The van der Waals surface area contributed by atoms with Crippen LogP contribution in [-0.2, 0) is 6.42 Å². The maximum absolute atomic E-state index is 12.8. The fourth-order valence-electron chi connectivity index (χ4n) is 3.95. The summed E-state index contributed by atoms with van der Waals surface area (Å²) in [5.41, 5.74) is 4.02. The summed E-state index contributed by atoms with van der Waals surface area (Å²) in [6, 6.07) is 11.9. The normalized spacial score (nSPS) is 14.1. The zero-order chi connectivity index (χ0) is 22.0. The molecule has 3 aromatic rings. The lowest BCUT2D eigenvalue weighted by Gasteiger charge is -2.35. The third-order valence-electron chi connectivity index (χ3n) is 5.57. The largest absolute Gasteiger partial charge is 0.353 e. The zero-order valence-corrected chi connectivity index (χ0v) is 18.6. The van der Waals surface area contributed by atoms with Gasteiger partial charge >= 0.3 is 6.03 Å². The van der Waals surface area contributed by atoms with Crippen LogP contribution in [0, 0.1) is 20.8 Å². The van der Waals surface area contributed by atoms with Crippen molar-refractivity contribution in [1.82, 2.24) is 24.6 Å². The monoisotopic (exact) mass is 419 g/mol. The van der Waals surface area contributed by atoms with Crippen LogP contribution in [0.25, 0.3) is 5.82 Å². The average Bonchev–Trinajstić information content (AvgIpc) is 3.11. The molecule has 1 saturated heterocycles. The molecule has 0 unspecified atom stereocenters. The van der Waals surface area contributed by atoms with E-state index in [2.05, 4.69) is 32.2 Å². The number of rotatable bonds is 4. The van der Waals surface area contributed by atoms with Crippen LogP contribution in [0.15, 0.2) is 36.4 Å². The van der Waals surface area contributed by atoms with E-state index < -0.39 is 0 Å². The van der Waals surface area contributed by atoms with Gasteiger partial charge in [-0.15, -0.1) is 0 Å². The molecule has 0 radical (unpaired) electrons. The van der Waals surface area contributed by atoms with Crippen molar-refractivity contribution in [3.05, 3.63) is 59.2 Å². The van der Waals surface area contributed by atoms with E-state index in [1.54, 1.807) is 0 Å². The van der Waals surface area contributed by atoms with E-state index in [9.17, 15) is 4.79 Å². The Balaban J connectivity index is 1.44. The summed E-state index contributed by atoms with van der Waals surface area (Å²) in [6.45, 7) is 10.7. The Kier molecular flexibility index (Phi) is 5.88. The fraction of sp³-hybridized carbons (Fsp3) is 0.391. The Morgan fingerprint density at radius 1 is 1.00 bits per heavy atom. The van der Waals surface area contributed by atoms with Gasteiger partial charge < -0.3 is 15.1 Å². The average molecular weight is 420 g/mol. The van der Waals surface area contributed by atoms with Crippen LogP contribution in [-0.4, -0.2) is 56.9 Å². The number of nitrogens with one attached hydrogen (secondary N) is 1. The first kappa shape index (κ1) is 20.8. The van der Waals surface area contributed by atoms with Crippen LogP contribution in [0.1, 0.15) is 29.7 Å². The number of anilines is 2. The fourth-order valence-corrected chi connectivity index (χ4v) is 3.95. The first-order valence-corrected chi connectivity index (χ1v) is 10.7. The molecule has 8 heteroatoms. The van der Waals surface area contributed by atoms with E-state index in [0.29, 0.717) is 18.9 Å². The number of piperazine rings is 1. The van der Waals surface area contributed by atoms with Crippen molar-refractivity contribution in [3.8, 4) is 5.82 Å². The SMILES string of the molecule is CCc1ccccc1NC(=O)N1CCN(c2cc(-n3nc(C)cc3C)nc(C)n2)CC1. The van der Waals surface area contributed by atoms with Gasteiger partial charge in [-0.1, -0.05) is 25.1 Å². The molecular formula is C23H29N7O. The smallest absolute Gasteiger partial charge is 0.321 e. The molecular weight excluding hydrogens is 390 g/mol. The molecule has 4 rings (SSSR count). The topological polar surface area (TPSA) is 79.2 Å². The van der Waals surface area contributed by atoms with Gasteiger partial charge in [0.2, 0.25) is 0 Å². The Bertz CT molecular complexity index is 1080. The number of hydrogen-bond donors (Lipinski definition) is 1. The number of carbonyl (C=O) groups excluding carboxylic acids is 1. The Hall–Kier alpha value is -3.42.